The first-order chi connectivity index (χ1) is 13.5. The van der Waals surface area contributed by atoms with Crippen molar-refractivity contribution in [3.05, 3.63) is 74.4 Å². The van der Waals surface area contributed by atoms with Crippen LogP contribution in [-0.4, -0.2) is 23.0 Å². The Labute approximate surface area is 172 Å². The molecule has 0 unspecified atom stereocenters. The van der Waals surface area contributed by atoms with Gasteiger partial charge in [-0.3, -0.25) is 14.6 Å². The Morgan fingerprint density at radius 2 is 1.86 bits per heavy atom. The second-order valence-electron chi connectivity index (χ2n) is 5.94. The maximum atomic E-state index is 12.7. The number of halogens is 1. The number of benzene rings is 2. The number of rotatable bonds is 4. The highest BCUT2D eigenvalue weighted by atomic mass is 79.9. The predicted molar refractivity (Wildman–Crippen MR) is 114 cm³/mol. The van der Waals surface area contributed by atoms with Crippen LogP contribution in [0.1, 0.15) is 10.5 Å². The van der Waals surface area contributed by atoms with Crippen molar-refractivity contribution in [3.63, 3.8) is 0 Å². The third-order valence-corrected chi connectivity index (χ3v) is 5.56. The Kier molecular flexibility index (Phi) is 4.97. The number of thiazole rings is 1. The van der Waals surface area contributed by atoms with Gasteiger partial charge in [0.2, 0.25) is 0 Å². The molecule has 0 radical (unpaired) electrons. The van der Waals surface area contributed by atoms with Crippen LogP contribution in [0.5, 0.6) is 5.75 Å². The monoisotopic (exact) mass is 455 g/mol. The first-order valence-corrected chi connectivity index (χ1v) is 9.89. The largest absolute Gasteiger partial charge is 0.497 e. The lowest BCUT2D eigenvalue weighted by Gasteiger charge is -2.09. The molecule has 1 amide bonds. The van der Waals surface area contributed by atoms with Crippen LogP contribution < -0.4 is 14.9 Å². The number of carbonyl (C=O) groups is 1. The lowest BCUT2D eigenvalue weighted by atomic mass is 10.1. The minimum atomic E-state index is -0.356. The molecule has 0 atom stereocenters. The second kappa shape index (κ2) is 7.57. The summed E-state index contributed by atoms with van der Waals surface area (Å²) in [7, 11) is 1.60. The number of nitrogens with one attached hydrogen (secondary N) is 2. The number of amides is 1. The van der Waals surface area contributed by atoms with Crippen LogP contribution in [0.4, 0.5) is 5.69 Å². The number of nitrogens with zero attached hydrogens (tertiary/aromatic N) is 1. The van der Waals surface area contributed by atoms with Crippen LogP contribution in [0.2, 0.25) is 0 Å². The molecule has 4 rings (SSSR count). The summed E-state index contributed by atoms with van der Waals surface area (Å²) in [5.74, 6) is 0.371. The molecule has 2 aromatic carbocycles. The van der Waals surface area contributed by atoms with Gasteiger partial charge in [0.25, 0.3) is 5.91 Å². The third kappa shape index (κ3) is 3.69. The maximum Gasteiger partial charge on any atom is 0.306 e. The number of H-pyrrole nitrogens is 1. The molecule has 2 aromatic heterocycles. The van der Waals surface area contributed by atoms with Crippen molar-refractivity contribution >= 4 is 49.2 Å². The zero-order valence-electron chi connectivity index (χ0n) is 14.7. The number of aromatic amines is 1. The minimum Gasteiger partial charge on any atom is -0.497 e. The van der Waals surface area contributed by atoms with Crippen LogP contribution in [0.3, 0.4) is 0 Å². The normalized spacial score (nSPS) is 10.8. The molecule has 0 aliphatic heterocycles. The Morgan fingerprint density at radius 3 is 2.54 bits per heavy atom. The number of aromatic nitrogens is 2. The fourth-order valence-corrected chi connectivity index (χ4v) is 3.84. The smallest absolute Gasteiger partial charge is 0.306 e. The van der Waals surface area contributed by atoms with Gasteiger partial charge in [0.1, 0.15) is 11.4 Å². The molecule has 0 saturated carbocycles. The minimum absolute atomic E-state index is 0.218. The number of ether oxygens (including phenoxy) is 1. The average Bonchev–Trinajstić information content (AvgIpc) is 3.09. The summed E-state index contributed by atoms with van der Waals surface area (Å²) in [5, 5.41) is 2.82. The van der Waals surface area contributed by atoms with Crippen molar-refractivity contribution in [2.24, 2.45) is 0 Å². The number of fused-ring (bicyclic) bond motifs is 1. The maximum absolute atomic E-state index is 12.7. The van der Waals surface area contributed by atoms with E-state index < -0.39 is 0 Å². The van der Waals surface area contributed by atoms with Crippen LogP contribution >= 0.6 is 27.3 Å². The highest BCUT2D eigenvalue weighted by Crippen LogP contribution is 2.31. The number of anilines is 1. The molecule has 0 fully saturated rings. The van der Waals surface area contributed by atoms with Gasteiger partial charge < -0.3 is 10.1 Å². The van der Waals surface area contributed by atoms with Gasteiger partial charge in [0.05, 0.1) is 11.8 Å². The van der Waals surface area contributed by atoms with Crippen molar-refractivity contribution in [1.82, 2.24) is 9.97 Å². The van der Waals surface area contributed by atoms with Gasteiger partial charge >= 0.3 is 4.87 Å². The van der Waals surface area contributed by atoms with Gasteiger partial charge in [-0.05, 0) is 48.0 Å². The third-order valence-electron chi connectivity index (χ3n) is 4.12. The van der Waals surface area contributed by atoms with Gasteiger partial charge in [-0.25, -0.2) is 4.98 Å². The van der Waals surface area contributed by atoms with Crippen molar-refractivity contribution in [3.8, 4) is 16.9 Å². The van der Waals surface area contributed by atoms with Gasteiger partial charge in [-0.1, -0.05) is 39.4 Å². The van der Waals surface area contributed by atoms with Crippen molar-refractivity contribution in [2.75, 3.05) is 12.4 Å². The number of methoxy groups -OCH3 is 1. The quantitative estimate of drug-likeness (QED) is 0.467. The number of pyridine rings is 1. The van der Waals surface area contributed by atoms with Crippen molar-refractivity contribution < 1.29 is 9.53 Å². The molecular formula is C20H14BrN3O3S. The molecule has 4 aromatic rings. The summed E-state index contributed by atoms with van der Waals surface area (Å²) >= 11 is 4.43. The van der Waals surface area contributed by atoms with Crippen LogP contribution in [-0.2, 0) is 0 Å². The second-order valence-corrected chi connectivity index (χ2v) is 7.84. The summed E-state index contributed by atoms with van der Waals surface area (Å²) in [6, 6.07) is 16.4. The molecule has 28 heavy (non-hydrogen) atoms. The molecule has 0 aliphatic rings. The fourth-order valence-electron chi connectivity index (χ4n) is 2.77. The van der Waals surface area contributed by atoms with Crippen molar-refractivity contribution in [1.29, 1.82) is 0 Å². The SMILES string of the molecule is COc1ccc(-c2cc(C(=O)Nc3ccc(Br)cc3)nc3[nH]c(=O)sc23)cc1. The van der Waals surface area contributed by atoms with E-state index in [1.165, 1.54) is 0 Å². The number of hydrogen-bond donors (Lipinski definition) is 2. The Bertz CT molecular complexity index is 1210. The topological polar surface area (TPSA) is 84.1 Å². The van der Waals surface area contributed by atoms with Gasteiger partial charge in [-0.15, -0.1) is 0 Å². The van der Waals surface area contributed by atoms with Crippen LogP contribution in [0.15, 0.2) is 63.9 Å². The first-order valence-electron chi connectivity index (χ1n) is 8.29. The van der Waals surface area contributed by atoms with E-state index in [4.69, 9.17) is 4.74 Å². The van der Waals surface area contributed by atoms with E-state index in [0.717, 1.165) is 32.7 Å². The number of hydrogen-bond acceptors (Lipinski definition) is 5. The van der Waals surface area contributed by atoms with E-state index in [9.17, 15) is 9.59 Å². The van der Waals surface area contributed by atoms with Crippen LogP contribution in [0.25, 0.3) is 21.5 Å². The fraction of sp³-hybridized carbons (Fsp3) is 0.0500. The lowest BCUT2D eigenvalue weighted by Crippen LogP contribution is -2.14. The van der Waals surface area contributed by atoms with E-state index in [1.54, 1.807) is 25.3 Å². The van der Waals surface area contributed by atoms with E-state index in [-0.39, 0.29) is 16.5 Å². The molecule has 8 heteroatoms. The standard InChI is InChI=1S/C20H14BrN3O3S/c1-27-14-8-2-11(3-9-14)15-10-16(23-18-17(15)28-20(26)24-18)19(25)22-13-6-4-12(21)5-7-13/h2-10H,1H3,(H,22,25)(H,23,24,26). The molecular weight excluding hydrogens is 442 g/mol. The molecule has 140 valence electrons. The Morgan fingerprint density at radius 1 is 1.14 bits per heavy atom. The first kappa shape index (κ1) is 18.4. The highest BCUT2D eigenvalue weighted by Gasteiger charge is 2.16. The van der Waals surface area contributed by atoms with Crippen LogP contribution in [0, 0.1) is 0 Å². The molecule has 6 nitrogen and oxygen atoms in total. The highest BCUT2D eigenvalue weighted by molar-refractivity contribution is 9.10. The van der Waals surface area contributed by atoms with E-state index in [1.807, 2.05) is 36.4 Å². The van der Waals surface area contributed by atoms with Gasteiger partial charge in [-0.2, -0.15) is 0 Å². The van der Waals surface area contributed by atoms with Gasteiger partial charge in [0, 0.05) is 15.7 Å². The van der Waals surface area contributed by atoms with E-state index >= 15 is 0 Å². The molecule has 0 aliphatic carbocycles. The predicted octanol–water partition coefficient (Wildman–Crippen LogP) is 4.68. The summed E-state index contributed by atoms with van der Waals surface area (Å²) in [5.41, 5.74) is 2.89. The molecule has 0 bridgehead atoms. The summed E-state index contributed by atoms with van der Waals surface area (Å²) < 4.78 is 6.82. The Balaban J connectivity index is 1.77. The molecule has 0 saturated heterocycles. The lowest BCUT2D eigenvalue weighted by molar-refractivity contribution is 0.102. The Hall–Kier alpha value is -2.97. The van der Waals surface area contributed by atoms with E-state index in [0.29, 0.717) is 16.0 Å². The summed E-state index contributed by atoms with van der Waals surface area (Å²) in [6.45, 7) is 0. The molecule has 2 N–H and O–H groups in total. The molecule has 0 spiro atoms. The zero-order chi connectivity index (χ0) is 19.7. The number of carbonyl (C=O) groups excluding carboxylic acids is 1. The molecule has 2 heterocycles. The summed E-state index contributed by atoms with van der Waals surface area (Å²) in [4.78, 5) is 31.4. The average molecular weight is 456 g/mol. The summed E-state index contributed by atoms with van der Waals surface area (Å²) in [6.07, 6.45) is 0. The van der Waals surface area contributed by atoms with E-state index in [2.05, 4.69) is 31.2 Å². The van der Waals surface area contributed by atoms with Gasteiger partial charge in [0.15, 0.2) is 5.65 Å². The van der Waals surface area contributed by atoms with Crippen molar-refractivity contribution in [2.45, 2.75) is 0 Å². The zero-order valence-corrected chi connectivity index (χ0v) is 17.1.